The number of carbonyl (C=O) groups excluding carboxylic acids is 1. The maximum absolute atomic E-state index is 11.6. The van der Waals surface area contributed by atoms with Gasteiger partial charge in [-0.2, -0.15) is 0 Å². The minimum Gasteiger partial charge on any atom is -0.300 e. The van der Waals surface area contributed by atoms with Crippen LogP contribution in [0.15, 0.2) is 12.2 Å². The van der Waals surface area contributed by atoms with Gasteiger partial charge in [0.15, 0.2) is 0 Å². The van der Waals surface area contributed by atoms with Crippen LogP contribution in [0.1, 0.15) is 89.9 Å². The van der Waals surface area contributed by atoms with Gasteiger partial charge in [0.1, 0.15) is 5.78 Å². The van der Waals surface area contributed by atoms with Gasteiger partial charge in [-0.1, -0.05) is 63.5 Å². The standard InChI is InChI=1S/C17H30O/c18-17-15-13-11-9-7-5-3-1-2-4-6-8-10-12-14-16-17/h9,11H,1-8,10,12-16H2/b11-9-. The molecule has 0 bridgehead atoms. The average Bonchev–Trinajstić information content (AvgIpc) is 2.37. The highest BCUT2D eigenvalue weighted by Gasteiger charge is 2.00. The van der Waals surface area contributed by atoms with E-state index in [1.54, 1.807) is 0 Å². The normalized spacial score (nSPS) is 24.3. The van der Waals surface area contributed by atoms with Crippen LogP contribution in [0.2, 0.25) is 0 Å². The largest absolute Gasteiger partial charge is 0.300 e. The van der Waals surface area contributed by atoms with Gasteiger partial charge in [-0.05, 0) is 25.7 Å². The summed E-state index contributed by atoms with van der Waals surface area (Å²) in [6.07, 6.45) is 21.6. The minimum atomic E-state index is 0.462. The predicted molar refractivity (Wildman–Crippen MR) is 78.8 cm³/mol. The number of allylic oxidation sites excluding steroid dienone is 2. The molecule has 1 rings (SSSR count). The van der Waals surface area contributed by atoms with Crippen molar-refractivity contribution in [3.05, 3.63) is 12.2 Å². The lowest BCUT2D eigenvalue weighted by molar-refractivity contribution is -0.119. The quantitative estimate of drug-likeness (QED) is 0.512. The van der Waals surface area contributed by atoms with E-state index in [0.717, 1.165) is 25.7 Å². The first-order valence-electron chi connectivity index (χ1n) is 8.06. The smallest absolute Gasteiger partial charge is 0.133 e. The van der Waals surface area contributed by atoms with Crippen LogP contribution >= 0.6 is 0 Å². The predicted octanol–water partition coefficient (Wildman–Crippen LogP) is 5.59. The number of Topliss-reactive ketones (excluding diaryl/α,β-unsaturated/α-hetero) is 1. The summed E-state index contributed by atoms with van der Waals surface area (Å²) >= 11 is 0. The molecule has 0 fully saturated rings. The van der Waals surface area contributed by atoms with Crippen LogP contribution in [0, 0.1) is 0 Å². The molecule has 0 amide bonds. The van der Waals surface area contributed by atoms with Crippen LogP contribution in [-0.4, -0.2) is 5.78 Å². The molecule has 0 aromatic carbocycles. The molecule has 0 aliphatic heterocycles. The first-order valence-corrected chi connectivity index (χ1v) is 8.06. The van der Waals surface area contributed by atoms with E-state index in [0.29, 0.717) is 5.78 Å². The first kappa shape index (κ1) is 15.5. The summed E-state index contributed by atoms with van der Waals surface area (Å²) in [7, 11) is 0. The summed E-state index contributed by atoms with van der Waals surface area (Å²) in [4.78, 5) is 11.6. The summed E-state index contributed by atoms with van der Waals surface area (Å²) in [5.41, 5.74) is 0. The molecule has 0 N–H and O–H groups in total. The van der Waals surface area contributed by atoms with E-state index in [9.17, 15) is 4.79 Å². The van der Waals surface area contributed by atoms with Crippen LogP contribution in [0.3, 0.4) is 0 Å². The Labute approximate surface area is 113 Å². The van der Waals surface area contributed by atoms with Gasteiger partial charge in [-0.25, -0.2) is 0 Å². The van der Waals surface area contributed by atoms with Crippen molar-refractivity contribution < 1.29 is 4.79 Å². The molecule has 1 aliphatic rings. The molecular weight excluding hydrogens is 220 g/mol. The SMILES string of the molecule is O=C1CC/C=C\CCCCCCCCCCCC1. The van der Waals surface area contributed by atoms with E-state index in [2.05, 4.69) is 12.2 Å². The van der Waals surface area contributed by atoms with Gasteiger partial charge >= 0.3 is 0 Å². The molecule has 0 atom stereocenters. The first-order chi connectivity index (χ1) is 8.89. The van der Waals surface area contributed by atoms with Gasteiger partial charge in [-0.3, -0.25) is 4.79 Å². The van der Waals surface area contributed by atoms with Crippen molar-refractivity contribution in [1.29, 1.82) is 0 Å². The van der Waals surface area contributed by atoms with E-state index >= 15 is 0 Å². The molecule has 0 saturated heterocycles. The van der Waals surface area contributed by atoms with Crippen molar-refractivity contribution >= 4 is 5.78 Å². The van der Waals surface area contributed by atoms with Gasteiger partial charge < -0.3 is 0 Å². The zero-order chi connectivity index (χ0) is 12.9. The van der Waals surface area contributed by atoms with E-state index in [1.807, 2.05) is 0 Å². The minimum absolute atomic E-state index is 0.462. The molecule has 1 heteroatoms. The van der Waals surface area contributed by atoms with Gasteiger partial charge in [0, 0.05) is 12.8 Å². The summed E-state index contributed by atoms with van der Waals surface area (Å²) in [5.74, 6) is 0.462. The third-order valence-electron chi connectivity index (χ3n) is 3.83. The molecule has 0 radical (unpaired) electrons. The van der Waals surface area contributed by atoms with Crippen LogP contribution < -0.4 is 0 Å². The van der Waals surface area contributed by atoms with E-state index in [4.69, 9.17) is 0 Å². The second-order valence-electron chi connectivity index (χ2n) is 5.62. The molecule has 18 heavy (non-hydrogen) atoms. The maximum Gasteiger partial charge on any atom is 0.133 e. The molecule has 0 heterocycles. The average molecular weight is 250 g/mol. The van der Waals surface area contributed by atoms with E-state index in [1.165, 1.54) is 64.2 Å². The van der Waals surface area contributed by atoms with Gasteiger partial charge in [0.05, 0.1) is 0 Å². The molecule has 0 aromatic rings. The molecule has 1 nitrogen and oxygen atoms in total. The van der Waals surface area contributed by atoms with Crippen molar-refractivity contribution in [2.45, 2.75) is 89.9 Å². The summed E-state index contributed by atoms with van der Waals surface area (Å²) in [6.45, 7) is 0. The number of hydrogen-bond donors (Lipinski definition) is 0. The Kier molecular flexibility index (Phi) is 9.88. The Hall–Kier alpha value is -0.590. The van der Waals surface area contributed by atoms with Crippen molar-refractivity contribution in [2.75, 3.05) is 0 Å². The lowest BCUT2D eigenvalue weighted by Gasteiger charge is -2.02. The third kappa shape index (κ3) is 9.44. The Morgan fingerprint density at radius 1 is 0.556 bits per heavy atom. The van der Waals surface area contributed by atoms with Crippen molar-refractivity contribution in [1.82, 2.24) is 0 Å². The fourth-order valence-electron chi connectivity index (χ4n) is 2.60. The van der Waals surface area contributed by atoms with Crippen LogP contribution in [0.25, 0.3) is 0 Å². The van der Waals surface area contributed by atoms with Gasteiger partial charge in [-0.15, -0.1) is 0 Å². The molecule has 0 unspecified atom stereocenters. The van der Waals surface area contributed by atoms with E-state index < -0.39 is 0 Å². The zero-order valence-electron chi connectivity index (χ0n) is 12.0. The highest BCUT2D eigenvalue weighted by Crippen LogP contribution is 2.13. The molecule has 0 spiro atoms. The summed E-state index contributed by atoms with van der Waals surface area (Å²) in [5, 5.41) is 0. The van der Waals surface area contributed by atoms with Gasteiger partial charge in [0.25, 0.3) is 0 Å². The molecule has 0 saturated carbocycles. The molecule has 1 aliphatic carbocycles. The number of ketones is 1. The number of carbonyl (C=O) groups is 1. The van der Waals surface area contributed by atoms with Crippen molar-refractivity contribution in [2.24, 2.45) is 0 Å². The monoisotopic (exact) mass is 250 g/mol. The molecular formula is C17H30O. The summed E-state index contributed by atoms with van der Waals surface area (Å²) < 4.78 is 0. The fraction of sp³-hybridized carbons (Fsp3) is 0.824. The van der Waals surface area contributed by atoms with Crippen LogP contribution in [-0.2, 0) is 4.79 Å². The van der Waals surface area contributed by atoms with Crippen LogP contribution in [0.5, 0.6) is 0 Å². The lowest BCUT2D eigenvalue weighted by atomic mass is 10.0. The number of hydrogen-bond acceptors (Lipinski definition) is 1. The maximum atomic E-state index is 11.6. The highest BCUT2D eigenvalue weighted by molar-refractivity contribution is 5.78. The fourth-order valence-corrected chi connectivity index (χ4v) is 2.60. The third-order valence-corrected chi connectivity index (χ3v) is 3.83. The topological polar surface area (TPSA) is 17.1 Å². The zero-order valence-corrected chi connectivity index (χ0v) is 12.0. The Bertz CT molecular complexity index is 230. The van der Waals surface area contributed by atoms with Crippen molar-refractivity contribution in [3.8, 4) is 0 Å². The van der Waals surface area contributed by atoms with Gasteiger partial charge in [0.2, 0.25) is 0 Å². The molecule has 0 aromatic heterocycles. The lowest BCUT2D eigenvalue weighted by Crippen LogP contribution is -1.96. The Morgan fingerprint density at radius 3 is 1.72 bits per heavy atom. The van der Waals surface area contributed by atoms with E-state index in [-0.39, 0.29) is 0 Å². The second-order valence-corrected chi connectivity index (χ2v) is 5.62. The highest BCUT2D eigenvalue weighted by atomic mass is 16.1. The van der Waals surface area contributed by atoms with Crippen molar-refractivity contribution in [3.63, 3.8) is 0 Å². The summed E-state index contributed by atoms with van der Waals surface area (Å²) in [6, 6.07) is 0. The second kappa shape index (κ2) is 11.5. The number of rotatable bonds is 0. The Balaban J connectivity index is 2.18. The Morgan fingerprint density at radius 2 is 1.06 bits per heavy atom. The van der Waals surface area contributed by atoms with Crippen LogP contribution in [0.4, 0.5) is 0 Å². The molecule has 104 valence electrons.